The molecule has 1 atom stereocenters. The Morgan fingerprint density at radius 2 is 2.24 bits per heavy atom. The average molecular weight is 337 g/mol. The van der Waals surface area contributed by atoms with E-state index in [9.17, 15) is 9.90 Å². The van der Waals surface area contributed by atoms with Crippen molar-refractivity contribution >= 4 is 11.6 Å². The number of carbonyl (C=O) groups is 1. The molecular weight excluding hydrogens is 318 g/mol. The topological polar surface area (TPSA) is 92.4 Å². The Bertz CT molecular complexity index is 873. The Labute approximate surface area is 144 Å². The van der Waals surface area contributed by atoms with E-state index in [2.05, 4.69) is 20.5 Å². The molecule has 1 unspecified atom stereocenters. The van der Waals surface area contributed by atoms with Crippen molar-refractivity contribution in [1.29, 1.82) is 0 Å². The van der Waals surface area contributed by atoms with Gasteiger partial charge in [-0.3, -0.25) is 14.2 Å². The summed E-state index contributed by atoms with van der Waals surface area (Å²) in [6.07, 6.45) is 6.92. The summed E-state index contributed by atoms with van der Waals surface area (Å²) < 4.78 is 1.75. The molecule has 0 saturated heterocycles. The predicted molar refractivity (Wildman–Crippen MR) is 90.9 cm³/mol. The van der Waals surface area contributed by atoms with Crippen LogP contribution in [0.3, 0.4) is 0 Å². The quantitative estimate of drug-likeness (QED) is 0.731. The Morgan fingerprint density at radius 1 is 1.36 bits per heavy atom. The molecule has 3 heterocycles. The highest BCUT2D eigenvalue weighted by Crippen LogP contribution is 2.31. The molecule has 7 heteroatoms. The largest absolute Gasteiger partial charge is 0.393 e. The third-order valence-electron chi connectivity index (χ3n) is 4.75. The number of hydrogen-bond acceptors (Lipinski definition) is 5. The van der Waals surface area contributed by atoms with Crippen LogP contribution in [0.1, 0.15) is 28.9 Å². The van der Waals surface area contributed by atoms with Gasteiger partial charge in [-0.15, -0.1) is 10.2 Å². The second kappa shape index (κ2) is 6.60. The predicted octanol–water partition coefficient (Wildman–Crippen LogP) is 1.24. The van der Waals surface area contributed by atoms with Crippen LogP contribution >= 0.6 is 0 Å². The molecule has 1 saturated carbocycles. The average Bonchev–Trinajstić information content (AvgIpc) is 3.07. The summed E-state index contributed by atoms with van der Waals surface area (Å²) in [4.78, 5) is 17.0. The van der Waals surface area contributed by atoms with Gasteiger partial charge in [-0.1, -0.05) is 6.07 Å². The number of aromatic nitrogens is 4. The van der Waals surface area contributed by atoms with Crippen LogP contribution in [0.5, 0.6) is 0 Å². The van der Waals surface area contributed by atoms with E-state index in [1.54, 1.807) is 35.3 Å². The van der Waals surface area contributed by atoms with Crippen LogP contribution < -0.4 is 5.32 Å². The maximum Gasteiger partial charge on any atom is 0.251 e. The van der Waals surface area contributed by atoms with Gasteiger partial charge in [-0.25, -0.2) is 0 Å². The lowest BCUT2D eigenvalue weighted by Crippen LogP contribution is -2.48. The number of fused-ring (bicyclic) bond motifs is 1. The summed E-state index contributed by atoms with van der Waals surface area (Å²) in [6.45, 7) is 0. The molecular formula is C18H19N5O2. The van der Waals surface area contributed by atoms with Gasteiger partial charge in [0.2, 0.25) is 0 Å². The Hall–Kier alpha value is -2.80. The summed E-state index contributed by atoms with van der Waals surface area (Å²) in [5.74, 6) is 0.116. The van der Waals surface area contributed by atoms with Crippen molar-refractivity contribution in [2.45, 2.75) is 31.4 Å². The molecule has 3 aromatic heterocycles. The zero-order valence-electron chi connectivity index (χ0n) is 13.6. The smallest absolute Gasteiger partial charge is 0.251 e. The number of rotatable bonds is 5. The number of amides is 1. The zero-order valence-corrected chi connectivity index (χ0v) is 13.6. The van der Waals surface area contributed by atoms with Gasteiger partial charge in [0.15, 0.2) is 5.65 Å². The molecule has 3 aromatic rings. The van der Waals surface area contributed by atoms with E-state index in [1.165, 1.54) is 0 Å². The monoisotopic (exact) mass is 337 g/mol. The molecule has 0 radical (unpaired) electrons. The van der Waals surface area contributed by atoms with E-state index in [-0.39, 0.29) is 24.0 Å². The van der Waals surface area contributed by atoms with Gasteiger partial charge in [-0.05, 0) is 43.0 Å². The molecule has 1 amide bonds. The zero-order chi connectivity index (χ0) is 17.2. The third-order valence-corrected chi connectivity index (χ3v) is 4.75. The van der Waals surface area contributed by atoms with Crippen LogP contribution in [-0.2, 0) is 6.42 Å². The maximum absolute atomic E-state index is 12.7. The molecule has 0 bridgehead atoms. The minimum atomic E-state index is -0.263. The van der Waals surface area contributed by atoms with E-state index in [0.717, 1.165) is 5.69 Å². The van der Waals surface area contributed by atoms with Gasteiger partial charge in [0.25, 0.3) is 5.91 Å². The summed E-state index contributed by atoms with van der Waals surface area (Å²) in [5.41, 5.74) is 2.11. The fourth-order valence-corrected chi connectivity index (χ4v) is 3.25. The van der Waals surface area contributed by atoms with Crippen LogP contribution in [0.2, 0.25) is 0 Å². The molecule has 4 rings (SSSR count). The number of hydrogen-bond donors (Lipinski definition) is 2. The van der Waals surface area contributed by atoms with Crippen molar-refractivity contribution in [2.75, 3.05) is 0 Å². The number of carbonyl (C=O) groups excluding carboxylic acids is 1. The van der Waals surface area contributed by atoms with Crippen LogP contribution in [0, 0.1) is 5.92 Å². The van der Waals surface area contributed by atoms with Gasteiger partial charge in [0.05, 0.1) is 6.10 Å². The van der Waals surface area contributed by atoms with Crippen molar-refractivity contribution in [1.82, 2.24) is 24.9 Å². The van der Waals surface area contributed by atoms with Crippen molar-refractivity contribution in [2.24, 2.45) is 5.92 Å². The summed E-state index contributed by atoms with van der Waals surface area (Å²) in [7, 11) is 0. The van der Waals surface area contributed by atoms with Crippen LogP contribution in [0.15, 0.2) is 49.1 Å². The van der Waals surface area contributed by atoms with E-state index < -0.39 is 0 Å². The molecule has 25 heavy (non-hydrogen) atoms. The van der Waals surface area contributed by atoms with Crippen LogP contribution in [-0.4, -0.2) is 42.7 Å². The van der Waals surface area contributed by atoms with E-state index in [1.807, 2.05) is 18.2 Å². The molecule has 2 N–H and O–H groups in total. The van der Waals surface area contributed by atoms with Crippen LogP contribution in [0.25, 0.3) is 5.65 Å². The van der Waals surface area contributed by atoms with Crippen molar-refractivity contribution in [3.63, 3.8) is 0 Å². The maximum atomic E-state index is 12.7. The number of pyridine rings is 2. The first kappa shape index (κ1) is 15.7. The lowest BCUT2D eigenvalue weighted by atomic mass is 9.76. The van der Waals surface area contributed by atoms with Crippen LogP contribution in [0.4, 0.5) is 0 Å². The highest BCUT2D eigenvalue weighted by molar-refractivity contribution is 5.95. The molecule has 128 valence electrons. The fraction of sp³-hybridized carbons (Fsp3) is 0.333. The van der Waals surface area contributed by atoms with Gasteiger partial charge in [-0.2, -0.15) is 0 Å². The van der Waals surface area contributed by atoms with E-state index in [0.29, 0.717) is 30.5 Å². The minimum absolute atomic E-state index is 0.0557. The highest BCUT2D eigenvalue weighted by Gasteiger charge is 2.35. The fourth-order valence-electron chi connectivity index (χ4n) is 3.25. The number of aliphatic hydroxyl groups is 1. The number of nitrogens with zero attached hydrogens (tertiary/aromatic N) is 4. The minimum Gasteiger partial charge on any atom is -0.393 e. The molecule has 1 fully saturated rings. The standard InChI is InChI=1S/C18H19N5O2/c24-15-7-13(8-15)16(10-14-3-1-2-5-19-14)21-18(25)12-4-6-23-11-20-22-17(23)9-12/h1-6,9,11,13,15-16,24H,7-8,10H2,(H,21,25). The first-order valence-corrected chi connectivity index (χ1v) is 8.37. The Morgan fingerprint density at radius 3 is 3.00 bits per heavy atom. The van der Waals surface area contributed by atoms with Crippen molar-refractivity contribution < 1.29 is 9.90 Å². The summed E-state index contributed by atoms with van der Waals surface area (Å²) >= 11 is 0. The SMILES string of the molecule is O=C(NC(Cc1ccccn1)C1CC(O)C1)c1ccn2cnnc2c1. The van der Waals surface area contributed by atoms with Gasteiger partial charge in [0, 0.05) is 36.1 Å². The summed E-state index contributed by atoms with van der Waals surface area (Å²) in [5, 5.41) is 20.5. The van der Waals surface area contributed by atoms with E-state index in [4.69, 9.17) is 0 Å². The van der Waals surface area contributed by atoms with Crippen molar-refractivity contribution in [3.05, 3.63) is 60.3 Å². The number of nitrogens with one attached hydrogen (secondary N) is 1. The Balaban J connectivity index is 1.51. The number of aliphatic hydroxyl groups excluding tert-OH is 1. The van der Waals surface area contributed by atoms with Gasteiger partial charge >= 0.3 is 0 Å². The summed E-state index contributed by atoms with van der Waals surface area (Å²) in [6, 6.07) is 9.18. The third kappa shape index (κ3) is 3.36. The molecule has 0 aromatic carbocycles. The lowest BCUT2D eigenvalue weighted by molar-refractivity contribution is 0.0238. The molecule has 1 aliphatic carbocycles. The normalized spacial score (nSPS) is 20.8. The Kier molecular flexibility index (Phi) is 4.15. The van der Waals surface area contributed by atoms with E-state index >= 15 is 0 Å². The first-order valence-electron chi connectivity index (χ1n) is 8.37. The second-order valence-electron chi connectivity index (χ2n) is 6.50. The first-order chi connectivity index (χ1) is 12.2. The second-order valence-corrected chi connectivity index (χ2v) is 6.50. The van der Waals surface area contributed by atoms with Gasteiger partial charge in [0.1, 0.15) is 6.33 Å². The van der Waals surface area contributed by atoms with Crippen molar-refractivity contribution in [3.8, 4) is 0 Å². The highest BCUT2D eigenvalue weighted by atomic mass is 16.3. The molecule has 1 aliphatic rings. The molecule has 7 nitrogen and oxygen atoms in total. The molecule has 0 spiro atoms. The molecule has 0 aliphatic heterocycles. The lowest BCUT2D eigenvalue weighted by Gasteiger charge is -2.38. The van der Waals surface area contributed by atoms with Gasteiger partial charge < -0.3 is 10.4 Å².